The Kier molecular flexibility index (Phi) is 4.87. The third kappa shape index (κ3) is 3.52. The molecule has 6 nitrogen and oxygen atoms in total. The van der Waals surface area contributed by atoms with E-state index < -0.39 is 44.1 Å². The summed E-state index contributed by atoms with van der Waals surface area (Å²) in [4.78, 5) is 10.5. The first-order chi connectivity index (χ1) is 11.1. The highest BCUT2D eigenvalue weighted by Gasteiger charge is 2.36. The van der Waals surface area contributed by atoms with Gasteiger partial charge in [0, 0.05) is 13.1 Å². The van der Waals surface area contributed by atoms with E-state index in [0.717, 1.165) is 10.4 Å². The van der Waals surface area contributed by atoms with Crippen LogP contribution in [-0.4, -0.2) is 36.9 Å². The Hall–Kier alpha value is -2.12. The van der Waals surface area contributed by atoms with E-state index in [-0.39, 0.29) is 25.9 Å². The van der Waals surface area contributed by atoms with Crippen molar-refractivity contribution in [2.24, 2.45) is 5.92 Å². The largest absolute Gasteiger partial charge is 0.481 e. The third-order valence-corrected chi connectivity index (χ3v) is 5.75. The fourth-order valence-corrected chi connectivity index (χ4v) is 4.01. The van der Waals surface area contributed by atoms with E-state index in [0.29, 0.717) is 12.1 Å². The average Bonchev–Trinajstić information content (AvgIpc) is 2.53. The zero-order chi connectivity index (χ0) is 18.1. The van der Waals surface area contributed by atoms with Crippen LogP contribution in [0.4, 0.5) is 13.2 Å². The van der Waals surface area contributed by atoms with Gasteiger partial charge >= 0.3 is 12.1 Å². The Morgan fingerprint density at radius 2 is 1.88 bits per heavy atom. The van der Waals surface area contributed by atoms with Gasteiger partial charge in [0.2, 0.25) is 10.0 Å². The SMILES string of the molecule is N#Cc1cc(S(=O)(=O)N2CCC(C(=O)O)CC2)ccc1C(F)(F)F. The standard InChI is InChI=1S/C14H13F3N2O4S/c15-14(16,17)12-2-1-11(7-10(12)8-18)24(22,23)19-5-3-9(4-6-19)13(20)21/h1-2,7,9H,3-6H2,(H,20,21). The van der Waals surface area contributed by atoms with Crippen molar-refractivity contribution in [3.8, 4) is 6.07 Å². The predicted octanol–water partition coefficient (Wildman–Crippen LogP) is 2.06. The van der Waals surface area contributed by atoms with Gasteiger partial charge < -0.3 is 5.11 Å². The van der Waals surface area contributed by atoms with E-state index in [9.17, 15) is 26.4 Å². The van der Waals surface area contributed by atoms with Gasteiger partial charge in [0.25, 0.3) is 0 Å². The first-order valence-corrected chi connectivity index (χ1v) is 8.35. The van der Waals surface area contributed by atoms with Crippen LogP contribution in [0.2, 0.25) is 0 Å². The summed E-state index contributed by atoms with van der Waals surface area (Å²) >= 11 is 0. The lowest BCUT2D eigenvalue weighted by atomic mass is 9.99. The highest BCUT2D eigenvalue weighted by atomic mass is 32.2. The van der Waals surface area contributed by atoms with Crippen LogP contribution in [0.15, 0.2) is 23.1 Å². The van der Waals surface area contributed by atoms with Crippen LogP contribution in [0.1, 0.15) is 24.0 Å². The van der Waals surface area contributed by atoms with Crippen molar-refractivity contribution in [1.29, 1.82) is 5.26 Å². The highest BCUT2D eigenvalue weighted by molar-refractivity contribution is 7.89. The first kappa shape index (κ1) is 18.2. The minimum absolute atomic E-state index is 0.0395. The second kappa shape index (κ2) is 6.41. The maximum absolute atomic E-state index is 12.8. The lowest BCUT2D eigenvalue weighted by Crippen LogP contribution is -2.40. The lowest BCUT2D eigenvalue weighted by molar-refractivity contribution is -0.143. The molecule has 0 spiro atoms. The molecule has 0 atom stereocenters. The molecule has 0 bridgehead atoms. The van der Waals surface area contributed by atoms with Gasteiger partial charge in [-0.1, -0.05) is 0 Å². The van der Waals surface area contributed by atoms with E-state index in [2.05, 4.69) is 0 Å². The molecule has 1 N–H and O–H groups in total. The average molecular weight is 362 g/mol. The van der Waals surface area contributed by atoms with Gasteiger partial charge in [0.1, 0.15) is 0 Å². The Morgan fingerprint density at radius 1 is 1.29 bits per heavy atom. The number of benzene rings is 1. The smallest absolute Gasteiger partial charge is 0.417 e. The molecule has 0 amide bonds. The molecule has 1 aliphatic rings. The topological polar surface area (TPSA) is 98.5 Å². The van der Waals surface area contributed by atoms with Gasteiger partial charge in [-0.25, -0.2) is 8.42 Å². The van der Waals surface area contributed by atoms with Crippen LogP contribution in [0.25, 0.3) is 0 Å². The zero-order valence-corrected chi connectivity index (χ0v) is 13.1. The molecule has 0 aliphatic carbocycles. The van der Waals surface area contributed by atoms with Crippen molar-refractivity contribution < 1.29 is 31.5 Å². The summed E-state index contributed by atoms with van der Waals surface area (Å²) in [6, 6.07) is 3.43. The van der Waals surface area contributed by atoms with Crippen LogP contribution in [0.5, 0.6) is 0 Å². The summed E-state index contributed by atoms with van der Waals surface area (Å²) in [5.41, 5.74) is -1.97. The molecule has 1 saturated heterocycles. The van der Waals surface area contributed by atoms with Crippen molar-refractivity contribution in [3.05, 3.63) is 29.3 Å². The summed E-state index contributed by atoms with van der Waals surface area (Å²) in [6.45, 7) is -0.0790. The molecule has 0 radical (unpaired) electrons. The summed E-state index contributed by atoms with van der Waals surface area (Å²) < 4.78 is 64.3. The molecule has 1 heterocycles. The van der Waals surface area contributed by atoms with Crippen LogP contribution in [0, 0.1) is 17.2 Å². The number of hydrogen-bond donors (Lipinski definition) is 1. The quantitative estimate of drug-likeness (QED) is 0.887. The van der Waals surface area contributed by atoms with Gasteiger partial charge in [0.05, 0.1) is 28.0 Å². The number of hydrogen-bond acceptors (Lipinski definition) is 4. The molecule has 2 rings (SSSR count). The van der Waals surface area contributed by atoms with E-state index in [4.69, 9.17) is 10.4 Å². The number of sulfonamides is 1. The van der Waals surface area contributed by atoms with Crippen LogP contribution in [-0.2, 0) is 21.0 Å². The second-order valence-electron chi connectivity index (χ2n) is 5.33. The number of halogens is 3. The van der Waals surface area contributed by atoms with Crippen molar-refractivity contribution >= 4 is 16.0 Å². The normalized spacial score (nSPS) is 17.4. The van der Waals surface area contributed by atoms with E-state index >= 15 is 0 Å². The van der Waals surface area contributed by atoms with E-state index in [1.165, 1.54) is 6.07 Å². The predicted molar refractivity (Wildman–Crippen MR) is 75.3 cm³/mol. The van der Waals surface area contributed by atoms with Crippen molar-refractivity contribution in [3.63, 3.8) is 0 Å². The number of nitrogens with zero attached hydrogens (tertiary/aromatic N) is 2. The minimum Gasteiger partial charge on any atom is -0.481 e. The number of carbonyl (C=O) groups is 1. The fraction of sp³-hybridized carbons (Fsp3) is 0.429. The zero-order valence-electron chi connectivity index (χ0n) is 12.2. The molecule has 0 saturated carbocycles. The third-order valence-electron chi connectivity index (χ3n) is 3.86. The summed E-state index contributed by atoms with van der Waals surface area (Å²) in [7, 11) is -4.08. The fourth-order valence-electron chi connectivity index (χ4n) is 2.52. The Morgan fingerprint density at radius 3 is 2.33 bits per heavy atom. The Balaban J connectivity index is 2.31. The van der Waals surface area contributed by atoms with Crippen LogP contribution < -0.4 is 0 Å². The molecule has 1 fully saturated rings. The number of piperidine rings is 1. The molecule has 1 aromatic rings. The molecule has 10 heteroatoms. The first-order valence-electron chi connectivity index (χ1n) is 6.91. The number of rotatable bonds is 3. The van der Waals surface area contributed by atoms with Gasteiger partial charge in [-0.05, 0) is 31.0 Å². The molecule has 24 heavy (non-hydrogen) atoms. The molecular weight excluding hydrogens is 349 g/mol. The van der Waals surface area contributed by atoms with Gasteiger partial charge in [0.15, 0.2) is 0 Å². The number of alkyl halides is 3. The van der Waals surface area contributed by atoms with Gasteiger partial charge in [-0.2, -0.15) is 22.7 Å². The Bertz CT molecular complexity index is 791. The minimum atomic E-state index is -4.76. The Labute approximate surface area is 136 Å². The van der Waals surface area contributed by atoms with Crippen molar-refractivity contribution in [1.82, 2.24) is 4.31 Å². The second-order valence-corrected chi connectivity index (χ2v) is 7.27. The summed E-state index contributed by atoms with van der Waals surface area (Å²) in [6.07, 6.45) is -4.51. The lowest BCUT2D eigenvalue weighted by Gasteiger charge is -2.29. The number of carboxylic acids is 1. The van der Waals surface area contributed by atoms with Gasteiger partial charge in [-0.3, -0.25) is 4.79 Å². The number of nitriles is 1. The number of carboxylic acid groups (broad SMARTS) is 1. The molecular formula is C14H13F3N2O4S. The summed E-state index contributed by atoms with van der Waals surface area (Å²) in [5, 5.41) is 17.8. The van der Waals surface area contributed by atoms with Crippen molar-refractivity contribution in [2.45, 2.75) is 23.9 Å². The molecule has 1 aromatic carbocycles. The maximum atomic E-state index is 12.8. The molecule has 0 unspecified atom stereocenters. The van der Waals surface area contributed by atoms with Crippen LogP contribution in [0.3, 0.4) is 0 Å². The van der Waals surface area contributed by atoms with Crippen LogP contribution >= 0.6 is 0 Å². The monoisotopic (exact) mass is 362 g/mol. The molecule has 0 aromatic heterocycles. The van der Waals surface area contributed by atoms with Crippen molar-refractivity contribution in [2.75, 3.05) is 13.1 Å². The van der Waals surface area contributed by atoms with E-state index in [1.807, 2.05) is 0 Å². The van der Waals surface area contributed by atoms with Gasteiger partial charge in [-0.15, -0.1) is 0 Å². The highest BCUT2D eigenvalue weighted by Crippen LogP contribution is 2.33. The maximum Gasteiger partial charge on any atom is 0.417 e. The summed E-state index contributed by atoms with van der Waals surface area (Å²) in [5.74, 6) is -1.65. The molecule has 130 valence electrons. The van der Waals surface area contributed by atoms with E-state index in [1.54, 1.807) is 0 Å². The number of aliphatic carboxylic acids is 1. The molecule has 1 aliphatic heterocycles.